The van der Waals surface area contributed by atoms with Crippen LogP contribution >= 0.6 is 0 Å². The average Bonchev–Trinajstić information content (AvgIpc) is 4.08. The second kappa shape index (κ2) is 14.9. The van der Waals surface area contributed by atoms with E-state index in [9.17, 15) is 27.6 Å². The van der Waals surface area contributed by atoms with Gasteiger partial charge in [-0.05, 0) is 79.5 Å². The van der Waals surface area contributed by atoms with Crippen LogP contribution in [-0.2, 0) is 39.5 Å². The third kappa shape index (κ3) is 7.98. The fraction of sp³-hybridized carbons (Fsp3) is 0.561. The van der Waals surface area contributed by atoms with Crippen LogP contribution in [0.1, 0.15) is 89.2 Å². The molecule has 3 N–H and O–H groups in total. The van der Waals surface area contributed by atoms with Crippen LogP contribution in [0.4, 0.5) is 4.79 Å². The molecule has 3 fully saturated rings. The summed E-state index contributed by atoms with van der Waals surface area (Å²) in [5.74, 6) is -1.59. The molecule has 13 nitrogen and oxygen atoms in total. The van der Waals surface area contributed by atoms with E-state index < -0.39 is 73.6 Å². The number of nitrogens with one attached hydrogen (secondary N) is 3. The molecule has 6 bridgehead atoms. The zero-order valence-corrected chi connectivity index (χ0v) is 32.8. The number of methoxy groups -OCH3 is 2. The van der Waals surface area contributed by atoms with Crippen molar-refractivity contribution in [1.82, 2.24) is 20.3 Å². The van der Waals surface area contributed by atoms with Crippen LogP contribution in [0.2, 0.25) is 0 Å². The third-order valence-corrected chi connectivity index (χ3v) is 13.7. The number of nitrogens with zero attached hydrogens (tertiary/aromatic N) is 1. The van der Waals surface area contributed by atoms with Crippen molar-refractivity contribution in [3.05, 3.63) is 59.7 Å². The first-order chi connectivity index (χ1) is 26.2. The van der Waals surface area contributed by atoms with Crippen molar-refractivity contribution in [2.24, 2.45) is 11.3 Å². The number of carbonyl (C=O) groups is 4. The predicted octanol–water partition coefficient (Wildman–Crippen LogP) is 4.83. The van der Waals surface area contributed by atoms with E-state index in [0.29, 0.717) is 44.3 Å². The maximum atomic E-state index is 14.8. The van der Waals surface area contributed by atoms with Gasteiger partial charge in [0.1, 0.15) is 29.0 Å². The molecule has 1 saturated heterocycles. The Morgan fingerprint density at radius 3 is 2.53 bits per heavy atom. The van der Waals surface area contributed by atoms with Crippen LogP contribution in [0.15, 0.2) is 48.6 Å². The van der Waals surface area contributed by atoms with Gasteiger partial charge in [0.15, 0.2) is 0 Å². The molecule has 14 heteroatoms. The predicted molar refractivity (Wildman–Crippen MR) is 206 cm³/mol. The number of amides is 4. The molecule has 2 aromatic rings. The Kier molecular flexibility index (Phi) is 10.5. The SMILES string of the molecule is COc1cc2ccc3cc2cc1/C=C/CC(C)(C)COC(=O)N[C@H]1CCCCC/C=C\[C@@H]2C[C@@]2(C(=O)NS(=O)(=O)C2CC2)NC(=O)[C@@H]2C[C@]3(OC)CN2C1=O. The number of cyclic esters (lactones) is 1. The molecule has 4 amide bonds. The zero-order chi connectivity index (χ0) is 39.2. The maximum absolute atomic E-state index is 14.8. The summed E-state index contributed by atoms with van der Waals surface area (Å²) in [6, 6.07) is 7.75. The van der Waals surface area contributed by atoms with Gasteiger partial charge in [-0.2, -0.15) is 0 Å². The number of hydrogen-bond acceptors (Lipinski definition) is 9. The lowest BCUT2D eigenvalue weighted by atomic mass is 9.88. The second-order valence-corrected chi connectivity index (χ2v) is 18.6. The molecule has 2 saturated carbocycles. The molecule has 5 atom stereocenters. The number of benzene rings is 2. The fourth-order valence-electron chi connectivity index (χ4n) is 8.18. The molecular formula is C41H52N4O9S. The number of carbonyl (C=O) groups excluding carboxylic acids is 4. The smallest absolute Gasteiger partial charge is 0.407 e. The summed E-state index contributed by atoms with van der Waals surface area (Å²) in [4.78, 5) is 58.1. The molecule has 0 spiro atoms. The molecular weight excluding hydrogens is 725 g/mol. The monoisotopic (exact) mass is 776 g/mol. The van der Waals surface area contributed by atoms with Gasteiger partial charge < -0.3 is 29.7 Å². The Balaban J connectivity index is 1.31. The van der Waals surface area contributed by atoms with Crippen LogP contribution in [0.3, 0.4) is 0 Å². The first kappa shape index (κ1) is 38.8. The van der Waals surface area contributed by atoms with Crippen molar-refractivity contribution >= 4 is 50.7 Å². The lowest BCUT2D eigenvalue weighted by Gasteiger charge is -2.31. The van der Waals surface area contributed by atoms with Gasteiger partial charge in [-0.1, -0.05) is 63.1 Å². The normalized spacial score (nSPS) is 31.2. The van der Waals surface area contributed by atoms with E-state index in [1.54, 1.807) is 14.2 Å². The van der Waals surface area contributed by atoms with Crippen molar-refractivity contribution in [1.29, 1.82) is 0 Å². The lowest BCUT2D eigenvalue weighted by Crippen LogP contribution is -2.58. The number of rotatable bonds is 5. The zero-order valence-electron chi connectivity index (χ0n) is 32.0. The minimum absolute atomic E-state index is 0.0202. The summed E-state index contributed by atoms with van der Waals surface area (Å²) in [5.41, 5.74) is -1.48. The van der Waals surface area contributed by atoms with E-state index in [1.165, 1.54) is 4.90 Å². The highest BCUT2D eigenvalue weighted by Gasteiger charge is 2.63. The second-order valence-electron chi connectivity index (χ2n) is 16.6. The first-order valence-corrected chi connectivity index (χ1v) is 20.9. The van der Waals surface area contributed by atoms with E-state index in [1.807, 2.05) is 68.5 Å². The summed E-state index contributed by atoms with van der Waals surface area (Å²) in [7, 11) is -0.731. The van der Waals surface area contributed by atoms with E-state index in [4.69, 9.17) is 14.2 Å². The summed E-state index contributed by atoms with van der Waals surface area (Å²) >= 11 is 0. The van der Waals surface area contributed by atoms with Gasteiger partial charge in [-0.25, -0.2) is 13.2 Å². The number of alkyl carbamates (subject to hydrolysis) is 1. The molecule has 0 radical (unpaired) electrons. The number of ether oxygens (including phenoxy) is 3. The van der Waals surface area contributed by atoms with Crippen molar-refractivity contribution in [3.63, 3.8) is 0 Å². The Labute approximate surface area is 322 Å². The molecule has 296 valence electrons. The summed E-state index contributed by atoms with van der Waals surface area (Å²) in [5, 5.41) is 6.96. The largest absolute Gasteiger partial charge is 0.496 e. The molecule has 0 unspecified atom stereocenters. The Morgan fingerprint density at radius 2 is 1.78 bits per heavy atom. The molecule has 55 heavy (non-hydrogen) atoms. The standard InChI is InChI=1S/C41H52N4O9S/c1-39(2)18-10-11-27-19-28-20-29(15-14-26(28)21-34(27)52-3)40(53-4)23-33-35(46)43-41(37(48)44-55(50,51)31-16-17-31)22-30(41)12-8-6-5-7-9-13-32(36(47)45(33)24-40)42-38(49)54-25-39/h8,10-12,14-15,19-21,30-33H,5-7,9,13,16-18,22-25H2,1-4H3,(H,42,49)(H,43,46)(H,44,48)/b11-10+,12-8-/t30-,32+,33+,40+,41-/m1/s1. The number of sulfonamides is 1. The maximum Gasteiger partial charge on any atom is 0.407 e. The van der Waals surface area contributed by atoms with Gasteiger partial charge in [0.25, 0.3) is 5.91 Å². The average molecular weight is 777 g/mol. The molecule has 7 rings (SSSR count). The van der Waals surface area contributed by atoms with Crippen molar-refractivity contribution in [2.45, 2.75) is 107 Å². The molecule has 2 aliphatic carbocycles. The number of fused-ring (bicyclic) bond motifs is 6. The summed E-state index contributed by atoms with van der Waals surface area (Å²) in [6.07, 6.45) is 12.2. The number of hydrogen-bond donors (Lipinski definition) is 3. The van der Waals surface area contributed by atoms with Gasteiger partial charge in [0.2, 0.25) is 21.8 Å². The van der Waals surface area contributed by atoms with Gasteiger partial charge in [-0.15, -0.1) is 0 Å². The Bertz CT molecular complexity index is 2040. The topological polar surface area (TPSA) is 169 Å². The third-order valence-electron chi connectivity index (χ3n) is 11.9. The van der Waals surface area contributed by atoms with E-state index in [0.717, 1.165) is 34.7 Å². The highest BCUT2D eigenvalue weighted by Crippen LogP contribution is 2.47. The van der Waals surface area contributed by atoms with E-state index in [-0.39, 0.29) is 26.0 Å². The molecule has 0 aromatic heterocycles. The molecule has 3 aliphatic heterocycles. The van der Waals surface area contributed by atoms with Crippen molar-refractivity contribution in [2.75, 3.05) is 27.4 Å². The van der Waals surface area contributed by atoms with Gasteiger partial charge in [0, 0.05) is 30.4 Å². The molecule has 3 heterocycles. The first-order valence-electron chi connectivity index (χ1n) is 19.3. The Morgan fingerprint density at radius 1 is 0.982 bits per heavy atom. The van der Waals surface area contributed by atoms with Crippen LogP contribution in [0.25, 0.3) is 16.8 Å². The quantitative estimate of drug-likeness (QED) is 0.360. The van der Waals surface area contributed by atoms with E-state index >= 15 is 0 Å². The van der Waals surface area contributed by atoms with Crippen molar-refractivity contribution < 1.29 is 41.8 Å². The highest BCUT2D eigenvalue weighted by atomic mass is 32.2. The lowest BCUT2D eigenvalue weighted by molar-refractivity contribution is -0.141. The van der Waals surface area contributed by atoms with Crippen LogP contribution in [-0.4, -0.2) is 87.4 Å². The highest BCUT2D eigenvalue weighted by molar-refractivity contribution is 7.91. The van der Waals surface area contributed by atoms with Gasteiger partial charge >= 0.3 is 6.09 Å². The molecule has 5 aliphatic rings. The van der Waals surface area contributed by atoms with Gasteiger partial charge in [-0.3, -0.25) is 19.1 Å². The van der Waals surface area contributed by atoms with Crippen molar-refractivity contribution in [3.8, 4) is 5.75 Å². The fourth-order valence-corrected chi connectivity index (χ4v) is 9.54. The molecule has 2 aromatic carbocycles. The summed E-state index contributed by atoms with van der Waals surface area (Å²) < 4.78 is 45.8. The Hall–Kier alpha value is -4.43. The van der Waals surface area contributed by atoms with E-state index in [2.05, 4.69) is 15.4 Å². The van der Waals surface area contributed by atoms with Gasteiger partial charge in [0.05, 0.1) is 25.5 Å². The van der Waals surface area contributed by atoms with Crippen LogP contribution in [0, 0.1) is 11.3 Å². The van der Waals surface area contributed by atoms with Crippen LogP contribution < -0.4 is 20.1 Å². The minimum Gasteiger partial charge on any atom is -0.496 e. The minimum atomic E-state index is -3.90. The number of allylic oxidation sites excluding steroid dienone is 2. The van der Waals surface area contributed by atoms with Crippen LogP contribution in [0.5, 0.6) is 5.75 Å². The summed E-state index contributed by atoms with van der Waals surface area (Å²) in [6.45, 7) is 4.06.